The van der Waals surface area contributed by atoms with Crippen LogP contribution in [-0.2, 0) is 6.42 Å². The first kappa shape index (κ1) is 14.9. The lowest BCUT2D eigenvalue weighted by molar-refractivity contribution is 0.586. The summed E-state index contributed by atoms with van der Waals surface area (Å²) in [6.45, 7) is 2.15. The first-order valence-corrected chi connectivity index (χ1v) is 8.24. The lowest BCUT2D eigenvalue weighted by Crippen LogP contribution is -2.20. The van der Waals surface area contributed by atoms with Gasteiger partial charge in [-0.25, -0.2) is 0 Å². The minimum absolute atomic E-state index is 0.0747. The van der Waals surface area contributed by atoms with E-state index >= 15 is 0 Å². The molecular weight excluding hydrogens is 322 g/mol. The third kappa shape index (κ3) is 2.67. The van der Waals surface area contributed by atoms with Crippen molar-refractivity contribution in [3.63, 3.8) is 0 Å². The van der Waals surface area contributed by atoms with Crippen molar-refractivity contribution in [2.45, 2.75) is 19.4 Å². The molecule has 120 valence electrons. The molecule has 0 radical (unpaired) electrons. The number of nitrogens with zero attached hydrogens (tertiary/aromatic N) is 4. The maximum Gasteiger partial charge on any atom is 0.248 e. The highest BCUT2D eigenvalue weighted by Crippen LogP contribution is 2.32. The molecule has 1 atom stereocenters. The molecule has 6 heteroatoms. The van der Waals surface area contributed by atoms with Gasteiger partial charge in [-0.2, -0.15) is 4.68 Å². The fourth-order valence-corrected chi connectivity index (χ4v) is 2.97. The predicted octanol–water partition coefficient (Wildman–Crippen LogP) is 3.94. The molecular formula is C18H16ClN5. The fourth-order valence-electron chi connectivity index (χ4n) is 2.84. The Balaban J connectivity index is 1.76. The number of nitrogens with one attached hydrogen (secondary N) is 1. The number of halogens is 1. The summed E-state index contributed by atoms with van der Waals surface area (Å²) < 4.78 is 1.77. The zero-order valence-electron chi connectivity index (χ0n) is 13.1. The number of benzene rings is 2. The Morgan fingerprint density at radius 2 is 1.83 bits per heavy atom. The predicted molar refractivity (Wildman–Crippen MR) is 94.8 cm³/mol. The number of hydrogen-bond donors (Lipinski definition) is 1. The van der Waals surface area contributed by atoms with Gasteiger partial charge in [0.2, 0.25) is 5.95 Å². The van der Waals surface area contributed by atoms with Crippen LogP contribution in [0, 0.1) is 0 Å². The molecule has 1 aromatic heterocycles. The van der Waals surface area contributed by atoms with Crippen LogP contribution in [0.1, 0.15) is 29.7 Å². The smallest absolute Gasteiger partial charge is 0.248 e. The zero-order chi connectivity index (χ0) is 16.5. The van der Waals surface area contributed by atoms with Gasteiger partial charge in [0.25, 0.3) is 0 Å². The van der Waals surface area contributed by atoms with Crippen molar-refractivity contribution in [2.24, 2.45) is 0 Å². The summed E-state index contributed by atoms with van der Waals surface area (Å²) in [7, 11) is 0. The third-order valence-electron chi connectivity index (χ3n) is 4.21. The van der Waals surface area contributed by atoms with Crippen molar-refractivity contribution < 1.29 is 0 Å². The van der Waals surface area contributed by atoms with Crippen LogP contribution in [0.25, 0.3) is 5.70 Å². The summed E-state index contributed by atoms with van der Waals surface area (Å²) in [5.41, 5.74) is 4.51. The van der Waals surface area contributed by atoms with Crippen LogP contribution >= 0.6 is 11.6 Å². The molecule has 2 heterocycles. The zero-order valence-corrected chi connectivity index (χ0v) is 13.9. The molecule has 24 heavy (non-hydrogen) atoms. The Kier molecular flexibility index (Phi) is 3.78. The van der Waals surface area contributed by atoms with Crippen molar-refractivity contribution in [2.75, 3.05) is 5.32 Å². The van der Waals surface area contributed by atoms with Gasteiger partial charge in [-0.3, -0.25) is 0 Å². The molecule has 1 aliphatic rings. The SMILES string of the molecule is CCc1ccc(C2=CC(c3ccc(Cl)cc3)n3nnnc3N2)cc1. The molecule has 0 bridgehead atoms. The van der Waals surface area contributed by atoms with Gasteiger partial charge in [-0.15, -0.1) is 0 Å². The van der Waals surface area contributed by atoms with Crippen LogP contribution in [0.4, 0.5) is 5.95 Å². The summed E-state index contributed by atoms with van der Waals surface area (Å²) >= 11 is 6.01. The topological polar surface area (TPSA) is 55.6 Å². The van der Waals surface area contributed by atoms with Crippen LogP contribution in [0.2, 0.25) is 5.02 Å². The first-order valence-electron chi connectivity index (χ1n) is 7.86. The van der Waals surface area contributed by atoms with Crippen LogP contribution in [0.5, 0.6) is 0 Å². The molecule has 1 N–H and O–H groups in total. The minimum atomic E-state index is -0.0747. The molecule has 0 amide bonds. The molecule has 0 spiro atoms. The van der Waals surface area contributed by atoms with E-state index in [1.165, 1.54) is 5.56 Å². The van der Waals surface area contributed by atoms with E-state index in [1.807, 2.05) is 24.3 Å². The number of allylic oxidation sites excluding steroid dienone is 1. The molecule has 4 rings (SSSR count). The number of aromatic nitrogens is 4. The summed E-state index contributed by atoms with van der Waals surface area (Å²) in [5, 5.41) is 16.0. The van der Waals surface area contributed by atoms with E-state index in [9.17, 15) is 0 Å². The molecule has 5 nitrogen and oxygen atoms in total. The van der Waals surface area contributed by atoms with Gasteiger partial charge < -0.3 is 5.32 Å². The Labute approximate surface area is 145 Å². The van der Waals surface area contributed by atoms with Crippen LogP contribution in [0.15, 0.2) is 54.6 Å². The molecule has 3 aromatic rings. The lowest BCUT2D eigenvalue weighted by Gasteiger charge is -2.23. The quantitative estimate of drug-likeness (QED) is 0.786. The normalized spacial score (nSPS) is 16.2. The number of fused-ring (bicyclic) bond motifs is 1. The van der Waals surface area contributed by atoms with Crippen molar-refractivity contribution in [3.05, 3.63) is 76.3 Å². The second-order valence-corrected chi connectivity index (χ2v) is 6.14. The average Bonchev–Trinajstić information content (AvgIpc) is 3.10. The van der Waals surface area contributed by atoms with Gasteiger partial charge in [-0.1, -0.05) is 60.0 Å². The number of rotatable bonds is 3. The molecule has 1 unspecified atom stereocenters. The van der Waals surface area contributed by atoms with Crippen LogP contribution in [0.3, 0.4) is 0 Å². The van der Waals surface area contributed by atoms with Crippen LogP contribution in [-0.4, -0.2) is 20.2 Å². The average molecular weight is 338 g/mol. The first-order chi connectivity index (χ1) is 11.7. The lowest BCUT2D eigenvalue weighted by atomic mass is 10.0. The monoisotopic (exact) mass is 337 g/mol. The van der Waals surface area contributed by atoms with Gasteiger partial charge in [0.15, 0.2) is 0 Å². The van der Waals surface area contributed by atoms with Crippen LogP contribution < -0.4 is 5.32 Å². The van der Waals surface area contributed by atoms with Gasteiger partial charge in [-0.05, 0) is 51.7 Å². The van der Waals surface area contributed by atoms with E-state index in [1.54, 1.807) is 4.68 Å². The summed E-state index contributed by atoms with van der Waals surface area (Å²) in [5.74, 6) is 0.631. The summed E-state index contributed by atoms with van der Waals surface area (Å²) in [6.07, 6.45) is 3.16. The standard InChI is InChI=1S/C18H16ClN5/c1-2-12-3-5-13(6-4-12)16-11-17(14-7-9-15(19)10-8-14)24-18(20-16)21-22-23-24/h3-11,17H,2H2,1H3,(H,20,21,23). The maximum atomic E-state index is 6.01. The second-order valence-electron chi connectivity index (χ2n) is 5.70. The number of anilines is 1. The molecule has 0 saturated heterocycles. The largest absolute Gasteiger partial charge is 0.323 e. The molecule has 1 aliphatic heterocycles. The van der Waals surface area contributed by atoms with E-state index in [-0.39, 0.29) is 6.04 Å². The van der Waals surface area contributed by atoms with Crippen molar-refractivity contribution in [3.8, 4) is 0 Å². The van der Waals surface area contributed by atoms with Crippen molar-refractivity contribution >= 4 is 23.2 Å². The molecule has 0 saturated carbocycles. The Hall–Kier alpha value is -2.66. The highest BCUT2D eigenvalue weighted by Gasteiger charge is 2.24. The Morgan fingerprint density at radius 1 is 1.08 bits per heavy atom. The van der Waals surface area contributed by atoms with E-state index in [4.69, 9.17) is 11.6 Å². The molecule has 0 fully saturated rings. The number of aryl methyl sites for hydroxylation is 1. The van der Waals surface area contributed by atoms with Gasteiger partial charge in [0.05, 0.1) is 0 Å². The van der Waals surface area contributed by atoms with E-state index in [0.29, 0.717) is 11.0 Å². The minimum Gasteiger partial charge on any atom is -0.323 e. The van der Waals surface area contributed by atoms with E-state index < -0.39 is 0 Å². The highest BCUT2D eigenvalue weighted by molar-refractivity contribution is 6.30. The van der Waals surface area contributed by atoms with Gasteiger partial charge in [0.1, 0.15) is 6.04 Å². The van der Waals surface area contributed by atoms with Gasteiger partial charge in [0, 0.05) is 10.7 Å². The third-order valence-corrected chi connectivity index (χ3v) is 4.46. The Morgan fingerprint density at radius 3 is 2.54 bits per heavy atom. The summed E-state index contributed by atoms with van der Waals surface area (Å²) in [4.78, 5) is 0. The summed E-state index contributed by atoms with van der Waals surface area (Å²) in [6, 6.07) is 16.2. The Bertz CT molecular complexity index is 881. The van der Waals surface area contributed by atoms with Crippen molar-refractivity contribution in [1.29, 1.82) is 0 Å². The second kappa shape index (κ2) is 6.09. The molecule has 2 aromatic carbocycles. The van der Waals surface area contributed by atoms with Gasteiger partial charge >= 0.3 is 0 Å². The maximum absolute atomic E-state index is 6.01. The van der Waals surface area contributed by atoms with E-state index in [0.717, 1.165) is 23.2 Å². The number of tetrazole rings is 1. The fraction of sp³-hybridized carbons (Fsp3) is 0.167. The highest BCUT2D eigenvalue weighted by atomic mass is 35.5. The number of hydrogen-bond acceptors (Lipinski definition) is 4. The van der Waals surface area contributed by atoms with E-state index in [2.05, 4.69) is 58.1 Å². The molecule has 0 aliphatic carbocycles. The van der Waals surface area contributed by atoms with Crippen molar-refractivity contribution in [1.82, 2.24) is 20.2 Å².